The number of fused-ring (bicyclic) bond motifs is 4. The number of benzene rings is 2. The number of methoxy groups -OCH3 is 1. The summed E-state index contributed by atoms with van der Waals surface area (Å²) in [6, 6.07) is 17.5. The zero-order valence-corrected chi connectivity index (χ0v) is 18.4. The third-order valence-corrected chi connectivity index (χ3v) is 8.21. The smallest absolute Gasteiger partial charge is 0.225 e. The van der Waals surface area contributed by atoms with Crippen LogP contribution >= 0.6 is 0 Å². The Morgan fingerprint density at radius 3 is 2.77 bits per heavy atom. The fourth-order valence-electron chi connectivity index (χ4n) is 6.29. The summed E-state index contributed by atoms with van der Waals surface area (Å²) >= 11 is 0. The fraction of sp³-hybridized carbons (Fsp3) is 0.444. The molecule has 160 valence electrons. The van der Waals surface area contributed by atoms with Gasteiger partial charge < -0.3 is 14.2 Å². The van der Waals surface area contributed by atoms with E-state index in [0.29, 0.717) is 17.7 Å². The summed E-state index contributed by atoms with van der Waals surface area (Å²) < 4.78 is 8.00. The number of aromatic nitrogens is 1. The maximum atomic E-state index is 12.9. The van der Waals surface area contributed by atoms with E-state index >= 15 is 0 Å². The SMILES string of the molecule is COc1cccc(C23CCN(C(=O)C4CC4)CC2Cc2c(n(C)c4ccccc24)C3)c1. The molecule has 2 heterocycles. The molecule has 2 aromatic carbocycles. The van der Waals surface area contributed by atoms with Crippen molar-refractivity contribution in [3.63, 3.8) is 0 Å². The number of carbonyl (C=O) groups is 1. The van der Waals surface area contributed by atoms with Gasteiger partial charge in [0.05, 0.1) is 7.11 Å². The molecule has 2 unspecified atom stereocenters. The normalized spacial score (nSPS) is 25.2. The Hall–Kier alpha value is -2.75. The van der Waals surface area contributed by atoms with Gasteiger partial charge in [0.1, 0.15) is 5.75 Å². The molecule has 6 rings (SSSR count). The summed E-state index contributed by atoms with van der Waals surface area (Å²) in [5.41, 5.74) is 5.68. The molecular weight excluding hydrogens is 384 g/mol. The van der Waals surface area contributed by atoms with E-state index in [9.17, 15) is 4.79 Å². The lowest BCUT2D eigenvalue weighted by Crippen LogP contribution is -2.55. The Labute approximate surface area is 183 Å². The molecule has 0 spiro atoms. The van der Waals surface area contributed by atoms with E-state index in [2.05, 4.69) is 59.0 Å². The molecule has 2 fully saturated rings. The first kappa shape index (κ1) is 19.0. The number of nitrogens with zero attached hydrogens (tertiary/aromatic N) is 2. The van der Waals surface area contributed by atoms with Crippen molar-refractivity contribution in [2.75, 3.05) is 20.2 Å². The largest absolute Gasteiger partial charge is 0.497 e. The first-order valence-corrected chi connectivity index (χ1v) is 11.6. The van der Waals surface area contributed by atoms with E-state index in [1.54, 1.807) is 7.11 Å². The Morgan fingerprint density at radius 2 is 1.97 bits per heavy atom. The lowest BCUT2D eigenvalue weighted by Gasteiger charge is -2.51. The van der Waals surface area contributed by atoms with Gasteiger partial charge in [0.2, 0.25) is 5.91 Å². The predicted octanol–water partition coefficient (Wildman–Crippen LogP) is 4.48. The summed E-state index contributed by atoms with van der Waals surface area (Å²) in [4.78, 5) is 15.1. The van der Waals surface area contributed by atoms with Crippen molar-refractivity contribution < 1.29 is 9.53 Å². The van der Waals surface area contributed by atoms with E-state index in [1.807, 2.05) is 6.07 Å². The van der Waals surface area contributed by atoms with E-state index in [0.717, 1.165) is 50.9 Å². The number of hydrogen-bond acceptors (Lipinski definition) is 2. The molecule has 0 N–H and O–H groups in total. The van der Waals surface area contributed by atoms with Crippen LogP contribution in [-0.2, 0) is 30.1 Å². The van der Waals surface area contributed by atoms with Crippen LogP contribution in [0, 0.1) is 11.8 Å². The zero-order valence-electron chi connectivity index (χ0n) is 18.4. The van der Waals surface area contributed by atoms with Crippen molar-refractivity contribution in [2.24, 2.45) is 18.9 Å². The van der Waals surface area contributed by atoms with Crippen LogP contribution in [0.5, 0.6) is 5.75 Å². The number of carbonyl (C=O) groups excluding carboxylic acids is 1. The van der Waals surface area contributed by atoms with E-state index in [-0.39, 0.29) is 5.41 Å². The number of aryl methyl sites for hydroxylation is 1. The minimum atomic E-state index is 0.0456. The van der Waals surface area contributed by atoms with Crippen molar-refractivity contribution >= 4 is 16.8 Å². The number of likely N-dealkylation sites (tertiary alicyclic amines) is 1. The van der Waals surface area contributed by atoms with Gasteiger partial charge in [-0.25, -0.2) is 0 Å². The van der Waals surface area contributed by atoms with Crippen LogP contribution in [0.15, 0.2) is 48.5 Å². The van der Waals surface area contributed by atoms with Crippen LogP contribution in [0.2, 0.25) is 0 Å². The second-order valence-electron chi connectivity index (χ2n) is 9.78. The zero-order chi connectivity index (χ0) is 21.2. The van der Waals surface area contributed by atoms with Crippen LogP contribution in [-0.4, -0.2) is 35.6 Å². The molecule has 2 aliphatic carbocycles. The van der Waals surface area contributed by atoms with Gasteiger partial charge in [-0.15, -0.1) is 0 Å². The van der Waals surface area contributed by atoms with Gasteiger partial charge in [-0.2, -0.15) is 0 Å². The first-order chi connectivity index (χ1) is 15.1. The minimum absolute atomic E-state index is 0.0456. The van der Waals surface area contributed by atoms with Crippen LogP contribution in [0.3, 0.4) is 0 Å². The predicted molar refractivity (Wildman–Crippen MR) is 122 cm³/mol. The average molecular weight is 415 g/mol. The Morgan fingerprint density at radius 1 is 1.13 bits per heavy atom. The Kier molecular flexibility index (Phi) is 4.21. The molecule has 31 heavy (non-hydrogen) atoms. The highest BCUT2D eigenvalue weighted by Gasteiger charge is 2.50. The van der Waals surface area contributed by atoms with Gasteiger partial charge in [0, 0.05) is 48.1 Å². The molecule has 0 radical (unpaired) electrons. The molecular formula is C27H30N2O2. The molecule has 3 aromatic rings. The Bertz CT molecular complexity index is 1180. The summed E-state index contributed by atoms with van der Waals surface area (Å²) in [5, 5.41) is 1.38. The number of piperidine rings is 1. The third kappa shape index (κ3) is 2.84. The lowest BCUT2D eigenvalue weighted by molar-refractivity contribution is -0.135. The summed E-state index contributed by atoms with van der Waals surface area (Å²) in [5.74, 6) is 2.03. The van der Waals surface area contributed by atoms with Crippen molar-refractivity contribution in [3.8, 4) is 5.75 Å². The van der Waals surface area contributed by atoms with E-state index in [1.165, 1.54) is 27.7 Å². The maximum Gasteiger partial charge on any atom is 0.225 e. The van der Waals surface area contributed by atoms with Crippen LogP contribution in [0.25, 0.3) is 10.9 Å². The van der Waals surface area contributed by atoms with Crippen LogP contribution in [0.1, 0.15) is 36.1 Å². The molecule has 0 bridgehead atoms. The lowest BCUT2D eigenvalue weighted by atomic mass is 9.58. The van der Waals surface area contributed by atoms with Gasteiger partial charge in [0.25, 0.3) is 0 Å². The third-order valence-electron chi connectivity index (χ3n) is 8.21. The number of para-hydroxylation sites is 1. The van der Waals surface area contributed by atoms with Gasteiger partial charge in [-0.3, -0.25) is 4.79 Å². The second-order valence-corrected chi connectivity index (χ2v) is 9.78. The van der Waals surface area contributed by atoms with Crippen LogP contribution < -0.4 is 4.74 Å². The highest BCUT2D eigenvalue weighted by molar-refractivity contribution is 5.86. The second kappa shape index (κ2) is 6.88. The highest BCUT2D eigenvalue weighted by atomic mass is 16.5. The molecule has 1 saturated heterocycles. The van der Waals surface area contributed by atoms with Crippen molar-refractivity contribution in [1.29, 1.82) is 0 Å². The van der Waals surface area contributed by atoms with E-state index < -0.39 is 0 Å². The molecule has 2 atom stereocenters. The van der Waals surface area contributed by atoms with Gasteiger partial charge in [-0.1, -0.05) is 30.3 Å². The quantitative estimate of drug-likeness (QED) is 0.633. The van der Waals surface area contributed by atoms with Crippen molar-refractivity contribution in [3.05, 3.63) is 65.4 Å². The number of rotatable bonds is 3. The monoisotopic (exact) mass is 414 g/mol. The van der Waals surface area contributed by atoms with E-state index in [4.69, 9.17) is 4.74 Å². The molecule has 1 aromatic heterocycles. The first-order valence-electron chi connectivity index (χ1n) is 11.6. The minimum Gasteiger partial charge on any atom is -0.497 e. The van der Waals surface area contributed by atoms with Crippen molar-refractivity contribution in [1.82, 2.24) is 9.47 Å². The maximum absolute atomic E-state index is 12.9. The molecule has 4 heteroatoms. The Balaban J connectivity index is 1.48. The highest BCUT2D eigenvalue weighted by Crippen LogP contribution is 2.50. The summed E-state index contributed by atoms with van der Waals surface area (Å²) in [6.07, 6.45) is 5.23. The molecule has 1 saturated carbocycles. The molecule has 3 aliphatic rings. The number of amides is 1. The average Bonchev–Trinajstić information content (AvgIpc) is 3.64. The number of hydrogen-bond donors (Lipinski definition) is 0. The number of ether oxygens (including phenoxy) is 1. The topological polar surface area (TPSA) is 34.5 Å². The van der Waals surface area contributed by atoms with Gasteiger partial charge in [0.15, 0.2) is 0 Å². The standard InChI is InChI=1S/C27H30N2O2/c1-28-24-9-4-3-8-22(24)23-15-20-17-29(26(30)18-10-11-18)13-12-27(20,16-25(23)28)19-6-5-7-21(14-19)31-2/h3-9,14,18,20H,10-13,15-17H2,1-2H3. The molecule has 1 amide bonds. The van der Waals surface area contributed by atoms with Gasteiger partial charge >= 0.3 is 0 Å². The molecule has 1 aliphatic heterocycles. The molecule has 4 nitrogen and oxygen atoms in total. The summed E-state index contributed by atoms with van der Waals surface area (Å²) in [6.45, 7) is 1.73. The summed E-state index contributed by atoms with van der Waals surface area (Å²) in [7, 11) is 3.96. The van der Waals surface area contributed by atoms with Gasteiger partial charge in [-0.05, 0) is 67.3 Å². The fourth-order valence-corrected chi connectivity index (χ4v) is 6.29. The van der Waals surface area contributed by atoms with Crippen molar-refractivity contribution in [2.45, 2.75) is 37.5 Å². The van der Waals surface area contributed by atoms with Crippen LogP contribution in [0.4, 0.5) is 0 Å².